The molecule has 0 saturated carbocycles. The molecule has 128 valence electrons. The quantitative estimate of drug-likeness (QED) is 0.735. The van der Waals surface area contributed by atoms with Crippen LogP contribution in [0.4, 0.5) is 0 Å². The maximum absolute atomic E-state index is 12.3. The number of oxazole rings is 1. The Labute approximate surface area is 144 Å². The van der Waals surface area contributed by atoms with Crippen molar-refractivity contribution in [2.45, 2.75) is 19.0 Å². The third-order valence-electron chi connectivity index (χ3n) is 3.26. The van der Waals surface area contributed by atoms with E-state index in [2.05, 4.69) is 15.6 Å². The van der Waals surface area contributed by atoms with Crippen molar-refractivity contribution in [3.63, 3.8) is 0 Å². The fourth-order valence-corrected chi connectivity index (χ4v) is 2.20. The number of rotatable bonds is 7. The summed E-state index contributed by atoms with van der Waals surface area (Å²) < 4.78 is 9.92. The number of aromatic nitrogens is 1. The van der Waals surface area contributed by atoms with Crippen LogP contribution in [0.2, 0.25) is 5.02 Å². The van der Waals surface area contributed by atoms with Crippen LogP contribution < -0.4 is 10.6 Å². The van der Waals surface area contributed by atoms with E-state index in [0.29, 0.717) is 17.5 Å². The van der Waals surface area contributed by atoms with Crippen LogP contribution in [0.3, 0.4) is 0 Å². The van der Waals surface area contributed by atoms with Crippen LogP contribution in [0.1, 0.15) is 21.9 Å². The van der Waals surface area contributed by atoms with Gasteiger partial charge in [0.1, 0.15) is 12.3 Å². The van der Waals surface area contributed by atoms with Crippen LogP contribution in [0, 0.1) is 0 Å². The van der Waals surface area contributed by atoms with Gasteiger partial charge in [0, 0.05) is 11.4 Å². The van der Waals surface area contributed by atoms with Crippen LogP contribution in [-0.4, -0.2) is 37.1 Å². The molecule has 0 bridgehead atoms. The van der Waals surface area contributed by atoms with Crippen LogP contribution in [0.5, 0.6) is 0 Å². The first-order chi connectivity index (χ1) is 11.5. The minimum atomic E-state index is -0.840. The molecule has 0 saturated heterocycles. The van der Waals surface area contributed by atoms with E-state index in [9.17, 15) is 9.59 Å². The average molecular weight is 352 g/mol. The maximum atomic E-state index is 12.3. The molecule has 2 rings (SSSR count). The number of amides is 1. The molecule has 2 aromatic rings. The number of nitrogens with one attached hydrogen (secondary N) is 2. The molecule has 1 unspecified atom stereocenters. The van der Waals surface area contributed by atoms with Gasteiger partial charge in [-0.15, -0.1) is 0 Å². The molecule has 0 aliphatic heterocycles. The van der Waals surface area contributed by atoms with Gasteiger partial charge < -0.3 is 19.8 Å². The lowest BCUT2D eigenvalue weighted by Crippen LogP contribution is -2.43. The Kier molecular flexibility index (Phi) is 6.34. The van der Waals surface area contributed by atoms with Gasteiger partial charge in [0.15, 0.2) is 5.69 Å². The Morgan fingerprint density at radius 1 is 1.33 bits per heavy atom. The highest BCUT2D eigenvalue weighted by molar-refractivity contribution is 6.30. The highest BCUT2D eigenvalue weighted by Crippen LogP contribution is 2.12. The monoisotopic (exact) mass is 351 g/mol. The SMILES string of the molecule is CNCc1nc(C(=O)NC(Cc2ccc(Cl)cc2)C(=O)OC)co1. The molecule has 24 heavy (non-hydrogen) atoms. The first kappa shape index (κ1) is 18.0. The van der Waals surface area contributed by atoms with Gasteiger partial charge in [0.05, 0.1) is 13.7 Å². The minimum absolute atomic E-state index is 0.102. The van der Waals surface area contributed by atoms with Gasteiger partial charge in [-0.3, -0.25) is 4.79 Å². The Morgan fingerprint density at radius 2 is 2.04 bits per heavy atom. The summed E-state index contributed by atoms with van der Waals surface area (Å²) in [5, 5.41) is 6.08. The summed E-state index contributed by atoms with van der Waals surface area (Å²) in [6, 6.07) is 6.16. The van der Waals surface area contributed by atoms with Crippen LogP contribution in [-0.2, 0) is 22.5 Å². The number of hydrogen-bond acceptors (Lipinski definition) is 6. The normalized spacial score (nSPS) is 11.8. The van der Waals surface area contributed by atoms with Gasteiger partial charge in [0.25, 0.3) is 5.91 Å². The Morgan fingerprint density at radius 3 is 2.67 bits per heavy atom. The predicted octanol–water partition coefficient (Wildman–Crippen LogP) is 1.56. The largest absolute Gasteiger partial charge is 0.467 e. The second kappa shape index (κ2) is 8.47. The molecule has 1 amide bonds. The number of halogens is 1. The number of methoxy groups -OCH3 is 1. The Hall–Kier alpha value is -2.38. The zero-order chi connectivity index (χ0) is 17.5. The van der Waals surface area contributed by atoms with E-state index in [1.54, 1.807) is 31.3 Å². The molecule has 1 heterocycles. The van der Waals surface area contributed by atoms with Gasteiger partial charge in [-0.2, -0.15) is 0 Å². The van der Waals surface area contributed by atoms with Gasteiger partial charge >= 0.3 is 5.97 Å². The molecule has 0 radical (unpaired) electrons. The second-order valence-corrected chi connectivity index (χ2v) is 5.47. The number of benzene rings is 1. The van der Waals surface area contributed by atoms with E-state index in [0.717, 1.165) is 5.56 Å². The average Bonchev–Trinajstić information content (AvgIpc) is 3.04. The van der Waals surface area contributed by atoms with Crippen molar-refractivity contribution < 1.29 is 18.7 Å². The van der Waals surface area contributed by atoms with E-state index < -0.39 is 17.9 Å². The third-order valence-corrected chi connectivity index (χ3v) is 3.51. The van der Waals surface area contributed by atoms with Crippen molar-refractivity contribution in [2.75, 3.05) is 14.2 Å². The van der Waals surface area contributed by atoms with E-state index in [1.165, 1.54) is 13.4 Å². The maximum Gasteiger partial charge on any atom is 0.328 e. The summed E-state index contributed by atoms with van der Waals surface area (Å²) in [4.78, 5) is 28.2. The highest BCUT2D eigenvalue weighted by Gasteiger charge is 2.24. The summed E-state index contributed by atoms with van der Waals surface area (Å²) in [5.74, 6) is -0.669. The number of esters is 1. The molecular formula is C16H18ClN3O4. The van der Waals surface area contributed by atoms with Crippen molar-refractivity contribution in [3.8, 4) is 0 Å². The Bertz CT molecular complexity index is 700. The van der Waals surface area contributed by atoms with Crippen molar-refractivity contribution in [1.82, 2.24) is 15.6 Å². The standard InChI is InChI=1S/C16H18ClN3O4/c1-18-8-14-19-13(9-24-14)15(21)20-12(16(22)23-2)7-10-3-5-11(17)6-4-10/h3-6,9,12,18H,7-8H2,1-2H3,(H,20,21). The first-order valence-electron chi connectivity index (χ1n) is 7.25. The van der Waals surface area contributed by atoms with Gasteiger partial charge in [-0.25, -0.2) is 9.78 Å². The third kappa shape index (κ3) is 4.81. The number of ether oxygens (including phenoxy) is 1. The van der Waals surface area contributed by atoms with E-state index >= 15 is 0 Å². The highest BCUT2D eigenvalue weighted by atomic mass is 35.5. The lowest BCUT2D eigenvalue weighted by atomic mass is 10.1. The van der Waals surface area contributed by atoms with E-state index in [-0.39, 0.29) is 12.1 Å². The molecule has 0 aliphatic rings. The van der Waals surface area contributed by atoms with Crippen molar-refractivity contribution >= 4 is 23.5 Å². The van der Waals surface area contributed by atoms with Crippen LogP contribution >= 0.6 is 11.6 Å². The summed E-state index contributed by atoms with van der Waals surface area (Å²) >= 11 is 5.85. The number of hydrogen-bond donors (Lipinski definition) is 2. The molecule has 7 nitrogen and oxygen atoms in total. The van der Waals surface area contributed by atoms with Crippen molar-refractivity contribution in [1.29, 1.82) is 0 Å². The lowest BCUT2D eigenvalue weighted by molar-refractivity contribution is -0.142. The van der Waals surface area contributed by atoms with E-state index in [4.69, 9.17) is 20.8 Å². The summed E-state index contributed by atoms with van der Waals surface area (Å²) in [6.07, 6.45) is 1.52. The molecule has 0 spiro atoms. The number of nitrogens with zero attached hydrogens (tertiary/aromatic N) is 1. The zero-order valence-corrected chi connectivity index (χ0v) is 14.1. The van der Waals surface area contributed by atoms with Gasteiger partial charge in [-0.1, -0.05) is 23.7 Å². The second-order valence-electron chi connectivity index (χ2n) is 5.04. The summed E-state index contributed by atoms with van der Waals surface area (Å²) in [5.41, 5.74) is 0.941. The predicted molar refractivity (Wildman–Crippen MR) is 87.7 cm³/mol. The van der Waals surface area contributed by atoms with Gasteiger partial charge in [0.2, 0.25) is 5.89 Å². The van der Waals surface area contributed by atoms with E-state index in [1.807, 2.05) is 0 Å². The number of carbonyl (C=O) groups excluding carboxylic acids is 2. The smallest absolute Gasteiger partial charge is 0.328 e. The topological polar surface area (TPSA) is 93.5 Å². The molecule has 0 aliphatic carbocycles. The fourth-order valence-electron chi connectivity index (χ4n) is 2.07. The van der Waals surface area contributed by atoms with Gasteiger partial charge in [-0.05, 0) is 24.7 Å². The zero-order valence-electron chi connectivity index (χ0n) is 13.3. The summed E-state index contributed by atoms with van der Waals surface area (Å²) in [7, 11) is 3.01. The van der Waals surface area contributed by atoms with Crippen LogP contribution in [0.15, 0.2) is 34.9 Å². The van der Waals surface area contributed by atoms with Crippen LogP contribution in [0.25, 0.3) is 0 Å². The molecular weight excluding hydrogens is 334 g/mol. The minimum Gasteiger partial charge on any atom is -0.467 e. The summed E-state index contributed by atoms with van der Waals surface area (Å²) in [6.45, 7) is 0.401. The molecule has 2 N–H and O–H groups in total. The fraction of sp³-hybridized carbons (Fsp3) is 0.312. The van der Waals surface area contributed by atoms with Crippen molar-refractivity contribution in [3.05, 3.63) is 52.7 Å². The molecule has 8 heteroatoms. The molecule has 0 fully saturated rings. The molecule has 1 aromatic carbocycles. The van der Waals surface area contributed by atoms with Crippen molar-refractivity contribution in [2.24, 2.45) is 0 Å². The molecule has 1 atom stereocenters. The lowest BCUT2D eigenvalue weighted by Gasteiger charge is -2.16. The first-order valence-corrected chi connectivity index (χ1v) is 7.63. The Balaban J connectivity index is 2.08. The molecule has 1 aromatic heterocycles. The number of carbonyl (C=O) groups is 2.